The number of nitrogens with zero attached hydrogens (tertiary/aromatic N) is 2. The molecule has 0 radical (unpaired) electrons. The summed E-state index contributed by atoms with van der Waals surface area (Å²) in [6, 6.07) is 0.279. The Kier molecular flexibility index (Phi) is 4.28. The lowest BCUT2D eigenvalue weighted by Crippen LogP contribution is -2.57. The van der Waals surface area contributed by atoms with Gasteiger partial charge in [-0.05, 0) is 52.6 Å². The van der Waals surface area contributed by atoms with Crippen LogP contribution in [0.25, 0.3) is 0 Å². The Labute approximate surface area is 105 Å². The first-order valence-corrected chi connectivity index (χ1v) is 6.47. The van der Waals surface area contributed by atoms with Crippen LogP contribution in [0.1, 0.15) is 41.5 Å². The predicted octanol–water partition coefficient (Wildman–Crippen LogP) is 2.70. The van der Waals surface area contributed by atoms with Gasteiger partial charge in [0.15, 0.2) is 0 Å². The van der Waals surface area contributed by atoms with Gasteiger partial charge in [-0.3, -0.25) is 4.90 Å². The van der Waals surface area contributed by atoms with E-state index in [0.717, 1.165) is 13.1 Å². The summed E-state index contributed by atoms with van der Waals surface area (Å²) in [6.45, 7) is 15.5. The molecule has 4 heteroatoms. The molecule has 1 fully saturated rings. The molecule has 0 N–H and O–H groups in total. The van der Waals surface area contributed by atoms with Crippen LogP contribution < -0.4 is 0 Å². The molecule has 1 rings (SSSR count). The van der Waals surface area contributed by atoms with E-state index in [1.807, 2.05) is 4.42 Å². The van der Waals surface area contributed by atoms with Crippen molar-refractivity contribution in [1.82, 2.24) is 9.32 Å². The van der Waals surface area contributed by atoms with Gasteiger partial charge in [0, 0.05) is 0 Å². The van der Waals surface area contributed by atoms with Crippen LogP contribution >= 0.6 is 11.8 Å². The molecule has 0 aromatic heterocycles. The third-order valence-electron chi connectivity index (χ3n) is 3.77. The Hall–Kier alpha value is 0.170. The van der Waals surface area contributed by atoms with E-state index in [0.29, 0.717) is 6.61 Å². The molecule has 1 aliphatic heterocycles. The second-order valence-electron chi connectivity index (χ2n) is 5.33. The molecule has 96 valence electrons. The van der Waals surface area contributed by atoms with Gasteiger partial charge in [0.2, 0.25) is 0 Å². The van der Waals surface area contributed by atoms with Gasteiger partial charge in [-0.15, -0.1) is 0 Å². The van der Waals surface area contributed by atoms with Crippen LogP contribution in [0.5, 0.6) is 0 Å². The van der Waals surface area contributed by atoms with Gasteiger partial charge >= 0.3 is 0 Å². The van der Waals surface area contributed by atoms with Gasteiger partial charge in [0.05, 0.1) is 18.2 Å². The molecular formula is C12H25ClN2O. The number of rotatable bonds is 4. The zero-order valence-corrected chi connectivity index (χ0v) is 12.1. The molecule has 0 spiro atoms. The molecule has 0 amide bonds. The van der Waals surface area contributed by atoms with Crippen molar-refractivity contribution < 1.29 is 4.74 Å². The van der Waals surface area contributed by atoms with Crippen LogP contribution in [0.15, 0.2) is 0 Å². The molecule has 2 atom stereocenters. The Morgan fingerprint density at radius 1 is 1.31 bits per heavy atom. The largest absolute Gasteiger partial charge is 0.356 e. The van der Waals surface area contributed by atoms with Gasteiger partial charge in [-0.1, -0.05) is 13.8 Å². The normalized spacial score (nSPS) is 32.2. The van der Waals surface area contributed by atoms with Crippen LogP contribution in [-0.2, 0) is 4.74 Å². The summed E-state index contributed by atoms with van der Waals surface area (Å²) in [5.74, 6) is 0. The highest BCUT2D eigenvalue weighted by molar-refractivity contribution is 6.14. The van der Waals surface area contributed by atoms with Gasteiger partial charge in [0.25, 0.3) is 0 Å². The van der Waals surface area contributed by atoms with Crippen molar-refractivity contribution in [2.45, 2.75) is 58.8 Å². The van der Waals surface area contributed by atoms with Crippen LogP contribution in [0.2, 0.25) is 0 Å². The fourth-order valence-corrected chi connectivity index (χ4v) is 2.67. The smallest absolute Gasteiger partial charge is 0.147 e. The summed E-state index contributed by atoms with van der Waals surface area (Å²) in [5.41, 5.74) is -0.505. The first-order valence-electron chi connectivity index (χ1n) is 6.13. The summed E-state index contributed by atoms with van der Waals surface area (Å²) in [5, 5.41) is 0. The molecule has 0 aliphatic carbocycles. The molecule has 1 aliphatic rings. The summed E-state index contributed by atoms with van der Waals surface area (Å²) >= 11 is 6.45. The van der Waals surface area contributed by atoms with Crippen LogP contribution in [0, 0.1) is 0 Å². The summed E-state index contributed by atoms with van der Waals surface area (Å²) in [7, 11) is 0. The average Bonchev–Trinajstić information content (AvgIpc) is 2.45. The molecule has 16 heavy (non-hydrogen) atoms. The minimum Gasteiger partial charge on any atom is -0.356 e. The summed E-state index contributed by atoms with van der Waals surface area (Å²) in [4.78, 5) is 2.37. The molecule has 0 saturated carbocycles. The molecule has 2 unspecified atom stereocenters. The van der Waals surface area contributed by atoms with Crippen molar-refractivity contribution in [1.29, 1.82) is 0 Å². The molecule has 0 aromatic rings. The van der Waals surface area contributed by atoms with E-state index < -0.39 is 5.72 Å². The molecule has 1 heterocycles. The molecule has 0 bridgehead atoms. The lowest BCUT2D eigenvalue weighted by atomic mass is 10.0. The zero-order chi connectivity index (χ0) is 12.6. The van der Waals surface area contributed by atoms with E-state index in [9.17, 15) is 0 Å². The van der Waals surface area contributed by atoms with E-state index in [1.54, 1.807) is 0 Å². The monoisotopic (exact) mass is 248 g/mol. The molecule has 0 aromatic carbocycles. The first-order chi connectivity index (χ1) is 7.29. The van der Waals surface area contributed by atoms with Crippen molar-refractivity contribution in [3.63, 3.8) is 0 Å². The highest BCUT2D eigenvalue weighted by Crippen LogP contribution is 2.40. The van der Waals surface area contributed by atoms with Crippen molar-refractivity contribution in [2.75, 3.05) is 19.7 Å². The van der Waals surface area contributed by atoms with Crippen molar-refractivity contribution in [2.24, 2.45) is 0 Å². The van der Waals surface area contributed by atoms with E-state index in [-0.39, 0.29) is 11.6 Å². The molecular weight excluding hydrogens is 224 g/mol. The molecule has 3 nitrogen and oxygen atoms in total. The van der Waals surface area contributed by atoms with Gasteiger partial charge in [-0.25, -0.2) is 0 Å². The van der Waals surface area contributed by atoms with Crippen LogP contribution in [0.4, 0.5) is 0 Å². The Morgan fingerprint density at radius 2 is 1.81 bits per heavy atom. The maximum absolute atomic E-state index is 6.45. The number of hydrogen-bond acceptors (Lipinski definition) is 3. The lowest BCUT2D eigenvalue weighted by Gasteiger charge is -2.42. The van der Waals surface area contributed by atoms with Crippen molar-refractivity contribution in [3.05, 3.63) is 0 Å². The topological polar surface area (TPSA) is 15.7 Å². The number of likely N-dealkylation sites (N-methyl/N-ethyl adjacent to an activating group) is 1. The summed E-state index contributed by atoms with van der Waals surface area (Å²) < 4.78 is 7.82. The Balaban J connectivity index is 2.86. The third kappa shape index (κ3) is 2.23. The highest BCUT2D eigenvalue weighted by atomic mass is 35.5. The quantitative estimate of drug-likeness (QED) is 0.712. The third-order valence-corrected chi connectivity index (χ3v) is 4.57. The predicted molar refractivity (Wildman–Crippen MR) is 68.5 cm³/mol. The minimum absolute atomic E-state index is 0.0995. The Morgan fingerprint density at radius 3 is 2.12 bits per heavy atom. The maximum Gasteiger partial charge on any atom is 0.147 e. The van der Waals surface area contributed by atoms with Gasteiger partial charge < -0.3 is 4.74 Å². The van der Waals surface area contributed by atoms with Crippen molar-refractivity contribution in [3.8, 4) is 0 Å². The fraction of sp³-hybridized carbons (Fsp3) is 1.00. The van der Waals surface area contributed by atoms with Crippen molar-refractivity contribution >= 4 is 11.8 Å². The standard InChI is InChI=1S/C12H25ClN2O/c1-7-14(8-2)10(3)12(6)15(13)11(4,5)9-16-12/h10H,7-9H2,1-6H3. The van der Waals surface area contributed by atoms with E-state index in [2.05, 4.69) is 46.4 Å². The van der Waals surface area contributed by atoms with E-state index >= 15 is 0 Å². The second-order valence-corrected chi connectivity index (χ2v) is 5.67. The number of ether oxygens (including phenoxy) is 1. The summed E-state index contributed by atoms with van der Waals surface area (Å²) in [6.07, 6.45) is 0. The second kappa shape index (κ2) is 4.81. The molecule has 1 saturated heterocycles. The van der Waals surface area contributed by atoms with E-state index in [4.69, 9.17) is 16.5 Å². The lowest BCUT2D eigenvalue weighted by molar-refractivity contribution is -0.0931. The Bertz CT molecular complexity index is 243. The minimum atomic E-state index is -0.406. The van der Waals surface area contributed by atoms with Gasteiger partial charge in [0.1, 0.15) is 5.72 Å². The zero-order valence-electron chi connectivity index (χ0n) is 11.4. The van der Waals surface area contributed by atoms with Gasteiger partial charge in [-0.2, -0.15) is 4.42 Å². The van der Waals surface area contributed by atoms with Crippen LogP contribution in [-0.4, -0.2) is 46.3 Å². The fourth-order valence-electron chi connectivity index (χ4n) is 2.43. The van der Waals surface area contributed by atoms with Crippen LogP contribution in [0.3, 0.4) is 0 Å². The highest BCUT2D eigenvalue weighted by Gasteiger charge is 2.52. The maximum atomic E-state index is 6.45. The first kappa shape index (κ1) is 14.2. The number of halogens is 1. The average molecular weight is 249 g/mol. The SMILES string of the molecule is CCN(CC)C(C)C1(C)OCC(C)(C)N1Cl. The number of hydrogen-bond donors (Lipinski definition) is 0. The van der Waals surface area contributed by atoms with E-state index in [1.165, 1.54) is 0 Å².